The molecule has 4 rings (SSSR count). The molecule has 0 aromatic heterocycles. The molecule has 31 heavy (non-hydrogen) atoms. The highest BCUT2D eigenvalue weighted by Gasteiger charge is 2.38. The largest absolute Gasteiger partial charge is 0.497 e. The number of carbonyl (C=O) groups excluding carboxylic acids is 3. The van der Waals surface area contributed by atoms with Crippen molar-refractivity contribution in [2.45, 2.75) is 38.1 Å². The van der Waals surface area contributed by atoms with Crippen LogP contribution in [0.1, 0.15) is 42.5 Å². The Hall–Kier alpha value is -3.35. The molecule has 1 heterocycles. The molecule has 2 fully saturated rings. The van der Waals surface area contributed by atoms with Gasteiger partial charge in [-0.05, 0) is 37.1 Å². The van der Waals surface area contributed by atoms with Gasteiger partial charge in [-0.3, -0.25) is 14.4 Å². The second-order valence-electron chi connectivity index (χ2n) is 8.11. The first kappa shape index (κ1) is 20.9. The van der Waals surface area contributed by atoms with Gasteiger partial charge in [0.15, 0.2) is 0 Å². The number of anilines is 2. The Morgan fingerprint density at radius 2 is 1.81 bits per heavy atom. The lowest BCUT2D eigenvalue weighted by Crippen LogP contribution is -2.35. The fraction of sp³-hybridized carbons (Fsp3) is 0.375. The van der Waals surface area contributed by atoms with Crippen LogP contribution in [0.3, 0.4) is 0 Å². The van der Waals surface area contributed by atoms with Crippen molar-refractivity contribution in [3.05, 3.63) is 54.1 Å². The molecule has 1 unspecified atom stereocenters. The molecule has 2 aromatic carbocycles. The van der Waals surface area contributed by atoms with Crippen LogP contribution in [0.15, 0.2) is 48.5 Å². The minimum atomic E-state index is -0.400. The van der Waals surface area contributed by atoms with Crippen LogP contribution in [0.5, 0.6) is 5.75 Å². The zero-order valence-electron chi connectivity index (χ0n) is 17.6. The normalized spacial score (nSPS) is 18.8. The highest BCUT2D eigenvalue weighted by atomic mass is 16.5. The van der Waals surface area contributed by atoms with Gasteiger partial charge >= 0.3 is 0 Å². The van der Waals surface area contributed by atoms with E-state index in [9.17, 15) is 14.4 Å². The number of para-hydroxylation sites is 1. The van der Waals surface area contributed by atoms with E-state index in [0.717, 1.165) is 25.7 Å². The number of methoxy groups -OCH3 is 1. The lowest BCUT2D eigenvalue weighted by molar-refractivity contribution is -0.129. The molecule has 1 aliphatic carbocycles. The van der Waals surface area contributed by atoms with Gasteiger partial charge in [-0.15, -0.1) is 0 Å². The van der Waals surface area contributed by atoms with Gasteiger partial charge in [-0.25, -0.2) is 0 Å². The minimum Gasteiger partial charge on any atom is -0.497 e. The molecule has 7 nitrogen and oxygen atoms in total. The predicted octanol–water partition coefficient (Wildman–Crippen LogP) is 3.68. The number of nitrogens with one attached hydrogen (secondary N) is 2. The first-order chi connectivity index (χ1) is 15.0. The average molecular weight is 421 g/mol. The van der Waals surface area contributed by atoms with Gasteiger partial charge in [-0.1, -0.05) is 31.0 Å². The van der Waals surface area contributed by atoms with Gasteiger partial charge in [-0.2, -0.15) is 0 Å². The van der Waals surface area contributed by atoms with Crippen LogP contribution in [0.4, 0.5) is 11.4 Å². The third-order valence-electron chi connectivity index (χ3n) is 6.05. The van der Waals surface area contributed by atoms with Gasteiger partial charge in [0, 0.05) is 30.8 Å². The molecule has 0 bridgehead atoms. The molecular weight excluding hydrogens is 394 g/mol. The van der Waals surface area contributed by atoms with E-state index in [1.807, 2.05) is 4.90 Å². The Morgan fingerprint density at radius 3 is 2.58 bits per heavy atom. The highest BCUT2D eigenvalue weighted by Crippen LogP contribution is 2.30. The highest BCUT2D eigenvalue weighted by molar-refractivity contribution is 6.10. The molecule has 2 aromatic rings. The number of rotatable bonds is 6. The zero-order valence-corrected chi connectivity index (χ0v) is 17.6. The maximum atomic E-state index is 12.9. The van der Waals surface area contributed by atoms with Crippen molar-refractivity contribution in [1.29, 1.82) is 0 Å². The number of carbonyl (C=O) groups is 3. The molecule has 3 amide bonds. The Balaban J connectivity index is 1.44. The van der Waals surface area contributed by atoms with E-state index in [1.54, 1.807) is 55.6 Å². The molecule has 1 aliphatic heterocycles. The lowest BCUT2D eigenvalue weighted by Gasteiger charge is -2.24. The van der Waals surface area contributed by atoms with Crippen LogP contribution in [-0.4, -0.2) is 42.3 Å². The Labute approximate surface area is 181 Å². The SMILES string of the molecule is COc1cccc(NC(=O)c2ccccc2NC(=O)C2CC(=O)N(C3CCCC3)C2)c1. The lowest BCUT2D eigenvalue weighted by atomic mass is 10.1. The van der Waals surface area contributed by atoms with E-state index in [-0.39, 0.29) is 30.2 Å². The van der Waals surface area contributed by atoms with Crippen molar-refractivity contribution in [3.8, 4) is 5.75 Å². The Kier molecular flexibility index (Phi) is 6.21. The van der Waals surface area contributed by atoms with Crippen molar-refractivity contribution in [2.75, 3.05) is 24.3 Å². The Morgan fingerprint density at radius 1 is 1.03 bits per heavy atom. The fourth-order valence-electron chi connectivity index (χ4n) is 4.40. The third-order valence-corrected chi connectivity index (χ3v) is 6.05. The van der Waals surface area contributed by atoms with Crippen LogP contribution >= 0.6 is 0 Å². The summed E-state index contributed by atoms with van der Waals surface area (Å²) in [4.78, 5) is 40.1. The van der Waals surface area contributed by atoms with Gasteiger partial charge in [0.05, 0.1) is 24.3 Å². The molecule has 2 aliphatic rings. The molecule has 0 spiro atoms. The van der Waals surface area contributed by atoms with Gasteiger partial charge in [0.2, 0.25) is 11.8 Å². The summed E-state index contributed by atoms with van der Waals surface area (Å²) in [5.41, 5.74) is 1.38. The van der Waals surface area contributed by atoms with Gasteiger partial charge in [0.1, 0.15) is 5.75 Å². The van der Waals surface area contributed by atoms with Crippen LogP contribution in [0.2, 0.25) is 0 Å². The van der Waals surface area contributed by atoms with Crippen molar-refractivity contribution < 1.29 is 19.1 Å². The maximum Gasteiger partial charge on any atom is 0.257 e. The first-order valence-electron chi connectivity index (χ1n) is 10.7. The van der Waals surface area contributed by atoms with E-state index >= 15 is 0 Å². The number of benzene rings is 2. The first-order valence-corrected chi connectivity index (χ1v) is 10.7. The molecule has 1 saturated heterocycles. The number of hydrogen-bond acceptors (Lipinski definition) is 4. The zero-order chi connectivity index (χ0) is 21.8. The average Bonchev–Trinajstić information content (AvgIpc) is 3.44. The van der Waals surface area contributed by atoms with Crippen LogP contribution in [0.25, 0.3) is 0 Å². The molecule has 2 N–H and O–H groups in total. The van der Waals surface area contributed by atoms with E-state index < -0.39 is 5.92 Å². The summed E-state index contributed by atoms with van der Waals surface area (Å²) in [6, 6.07) is 14.2. The molecule has 1 saturated carbocycles. The number of hydrogen-bond donors (Lipinski definition) is 2. The van der Waals surface area contributed by atoms with Crippen LogP contribution < -0.4 is 15.4 Å². The summed E-state index contributed by atoms with van der Waals surface area (Å²) in [6.07, 6.45) is 4.55. The van der Waals surface area contributed by atoms with Crippen molar-refractivity contribution in [3.63, 3.8) is 0 Å². The second kappa shape index (κ2) is 9.20. The van der Waals surface area contributed by atoms with E-state index in [1.165, 1.54) is 0 Å². The van der Waals surface area contributed by atoms with E-state index in [2.05, 4.69) is 10.6 Å². The van der Waals surface area contributed by atoms with E-state index in [4.69, 9.17) is 4.74 Å². The molecular formula is C24H27N3O4. The van der Waals surface area contributed by atoms with E-state index in [0.29, 0.717) is 29.2 Å². The van der Waals surface area contributed by atoms with Crippen LogP contribution in [-0.2, 0) is 9.59 Å². The van der Waals surface area contributed by atoms with Gasteiger partial charge in [0.25, 0.3) is 5.91 Å². The summed E-state index contributed by atoms with van der Waals surface area (Å²) >= 11 is 0. The van der Waals surface area contributed by atoms with Crippen molar-refractivity contribution in [1.82, 2.24) is 4.90 Å². The van der Waals surface area contributed by atoms with Crippen LogP contribution in [0, 0.1) is 5.92 Å². The number of amides is 3. The summed E-state index contributed by atoms with van der Waals surface area (Å²) in [5, 5.41) is 5.70. The third kappa shape index (κ3) is 4.71. The molecule has 162 valence electrons. The quantitative estimate of drug-likeness (QED) is 0.745. The number of ether oxygens (including phenoxy) is 1. The second-order valence-corrected chi connectivity index (χ2v) is 8.11. The minimum absolute atomic E-state index is 0.0519. The topological polar surface area (TPSA) is 87.7 Å². The predicted molar refractivity (Wildman–Crippen MR) is 118 cm³/mol. The molecule has 0 radical (unpaired) electrons. The fourth-order valence-corrected chi connectivity index (χ4v) is 4.40. The number of nitrogens with zero attached hydrogens (tertiary/aromatic N) is 1. The molecule has 1 atom stereocenters. The van der Waals surface area contributed by atoms with Crippen molar-refractivity contribution >= 4 is 29.1 Å². The Bertz CT molecular complexity index is 984. The summed E-state index contributed by atoms with van der Waals surface area (Å²) < 4.78 is 5.19. The summed E-state index contributed by atoms with van der Waals surface area (Å²) in [5.74, 6) is -0.273. The van der Waals surface area contributed by atoms with Gasteiger partial charge < -0.3 is 20.3 Å². The summed E-state index contributed by atoms with van der Waals surface area (Å²) in [7, 11) is 1.56. The molecule has 7 heteroatoms. The monoisotopic (exact) mass is 421 g/mol. The standard InChI is InChI=1S/C24H27N3O4/c1-31-19-10-6-7-17(14-19)25-24(30)20-11-4-5-12-21(20)26-23(29)16-13-22(28)27(15-16)18-8-2-3-9-18/h4-7,10-12,14,16,18H,2-3,8-9,13,15H2,1H3,(H,25,30)(H,26,29). The smallest absolute Gasteiger partial charge is 0.257 e. The summed E-state index contributed by atoms with van der Waals surface area (Å²) in [6.45, 7) is 0.452. The maximum absolute atomic E-state index is 12.9. The van der Waals surface area contributed by atoms with Crippen molar-refractivity contribution in [2.24, 2.45) is 5.92 Å². The number of likely N-dealkylation sites (tertiary alicyclic amines) is 1.